The third-order valence-electron chi connectivity index (χ3n) is 1.62. The van der Waals surface area contributed by atoms with Gasteiger partial charge in [-0.1, -0.05) is 0 Å². The average molecular weight is 202 g/mol. The number of alkyl halides is 2. The van der Waals surface area contributed by atoms with Crippen molar-refractivity contribution in [3.8, 4) is 0 Å². The lowest BCUT2D eigenvalue weighted by Crippen LogP contribution is -2.06. The standard InChI is InChI=1S/C8H8F2N2O2/c9-7(10)5-1-4(2-6(13)14)8(11)12-3-5/h1,3,7H,2H2,(H2,11,12)(H,13,14). The lowest BCUT2D eigenvalue weighted by atomic mass is 10.1. The summed E-state index contributed by atoms with van der Waals surface area (Å²) in [6, 6.07) is 1.06. The number of nitrogens with two attached hydrogens (primary N) is 1. The number of halogens is 2. The zero-order valence-electron chi connectivity index (χ0n) is 7.08. The minimum atomic E-state index is -2.67. The number of pyridine rings is 1. The first kappa shape index (κ1) is 10.4. The quantitative estimate of drug-likeness (QED) is 0.772. The highest BCUT2D eigenvalue weighted by Crippen LogP contribution is 2.21. The van der Waals surface area contributed by atoms with Crippen molar-refractivity contribution < 1.29 is 18.7 Å². The number of carbonyl (C=O) groups is 1. The zero-order chi connectivity index (χ0) is 10.7. The average Bonchev–Trinajstić information content (AvgIpc) is 2.07. The van der Waals surface area contributed by atoms with Gasteiger partial charge in [0, 0.05) is 17.3 Å². The molecule has 0 atom stereocenters. The molecule has 76 valence electrons. The summed E-state index contributed by atoms with van der Waals surface area (Å²) >= 11 is 0. The number of carboxylic acids is 1. The van der Waals surface area contributed by atoms with E-state index in [0.717, 1.165) is 12.3 Å². The molecule has 0 aromatic carbocycles. The molecule has 3 N–H and O–H groups in total. The number of aromatic nitrogens is 1. The lowest BCUT2D eigenvalue weighted by molar-refractivity contribution is -0.136. The highest BCUT2D eigenvalue weighted by atomic mass is 19.3. The van der Waals surface area contributed by atoms with Gasteiger partial charge in [0.05, 0.1) is 6.42 Å². The zero-order valence-corrected chi connectivity index (χ0v) is 7.08. The van der Waals surface area contributed by atoms with Gasteiger partial charge >= 0.3 is 5.97 Å². The summed E-state index contributed by atoms with van der Waals surface area (Å²) in [4.78, 5) is 13.8. The van der Waals surface area contributed by atoms with Crippen LogP contribution < -0.4 is 5.73 Å². The second kappa shape index (κ2) is 3.99. The molecule has 0 unspecified atom stereocenters. The molecule has 0 fully saturated rings. The largest absolute Gasteiger partial charge is 0.481 e. The SMILES string of the molecule is Nc1ncc(C(F)F)cc1CC(=O)O. The Bertz CT molecular complexity index is 355. The Morgan fingerprint density at radius 2 is 2.29 bits per heavy atom. The maximum Gasteiger partial charge on any atom is 0.307 e. The van der Waals surface area contributed by atoms with Crippen molar-refractivity contribution in [3.63, 3.8) is 0 Å². The van der Waals surface area contributed by atoms with Gasteiger partial charge in [-0.3, -0.25) is 4.79 Å². The number of carboxylic acid groups (broad SMARTS) is 1. The van der Waals surface area contributed by atoms with Crippen molar-refractivity contribution in [2.45, 2.75) is 12.8 Å². The highest BCUT2D eigenvalue weighted by molar-refractivity contribution is 5.72. The molecule has 1 aromatic rings. The minimum absolute atomic E-state index is 0.0307. The fourth-order valence-electron chi connectivity index (χ4n) is 0.963. The monoisotopic (exact) mass is 202 g/mol. The molecule has 0 spiro atoms. The lowest BCUT2D eigenvalue weighted by Gasteiger charge is -2.04. The number of hydrogen-bond acceptors (Lipinski definition) is 3. The molecule has 1 heterocycles. The number of aliphatic carboxylic acids is 1. The van der Waals surface area contributed by atoms with Crippen LogP contribution in [0.3, 0.4) is 0 Å². The van der Waals surface area contributed by atoms with Crippen molar-refractivity contribution in [1.82, 2.24) is 4.98 Å². The fraction of sp³-hybridized carbons (Fsp3) is 0.250. The van der Waals surface area contributed by atoms with E-state index in [0.29, 0.717) is 0 Å². The van der Waals surface area contributed by atoms with Gasteiger partial charge in [-0.15, -0.1) is 0 Å². The van der Waals surface area contributed by atoms with E-state index < -0.39 is 18.8 Å². The van der Waals surface area contributed by atoms with Crippen molar-refractivity contribution in [2.75, 3.05) is 5.73 Å². The molecule has 0 aliphatic heterocycles. The molecule has 0 aliphatic rings. The van der Waals surface area contributed by atoms with Gasteiger partial charge in [-0.25, -0.2) is 13.8 Å². The first-order valence-electron chi connectivity index (χ1n) is 3.75. The van der Waals surface area contributed by atoms with Gasteiger partial charge in [0.1, 0.15) is 5.82 Å². The summed E-state index contributed by atoms with van der Waals surface area (Å²) < 4.78 is 24.4. The Labute approximate surface area is 78.4 Å². The third kappa shape index (κ3) is 2.38. The van der Waals surface area contributed by atoms with Crippen LogP contribution >= 0.6 is 0 Å². The van der Waals surface area contributed by atoms with E-state index in [-0.39, 0.29) is 16.9 Å². The normalized spacial score (nSPS) is 10.5. The molecule has 0 bridgehead atoms. The molecule has 4 nitrogen and oxygen atoms in total. The van der Waals surface area contributed by atoms with Crippen LogP contribution in [0.1, 0.15) is 17.6 Å². The minimum Gasteiger partial charge on any atom is -0.481 e. The topological polar surface area (TPSA) is 76.2 Å². The van der Waals surface area contributed by atoms with Crippen molar-refractivity contribution in [1.29, 1.82) is 0 Å². The van der Waals surface area contributed by atoms with E-state index in [1.54, 1.807) is 0 Å². The number of rotatable bonds is 3. The van der Waals surface area contributed by atoms with E-state index in [9.17, 15) is 13.6 Å². The molecule has 0 radical (unpaired) electrons. The van der Waals surface area contributed by atoms with Crippen LogP contribution in [0.2, 0.25) is 0 Å². The Morgan fingerprint density at radius 3 is 2.79 bits per heavy atom. The van der Waals surface area contributed by atoms with Crippen LogP contribution in [0.4, 0.5) is 14.6 Å². The number of nitrogens with zero attached hydrogens (tertiary/aromatic N) is 1. The summed E-state index contributed by atoms with van der Waals surface area (Å²) in [6.45, 7) is 0. The van der Waals surface area contributed by atoms with Crippen molar-refractivity contribution in [3.05, 3.63) is 23.4 Å². The van der Waals surface area contributed by atoms with Crippen LogP contribution in [0.25, 0.3) is 0 Å². The fourth-order valence-corrected chi connectivity index (χ4v) is 0.963. The van der Waals surface area contributed by atoms with E-state index in [4.69, 9.17) is 10.8 Å². The van der Waals surface area contributed by atoms with E-state index in [2.05, 4.69) is 4.98 Å². The van der Waals surface area contributed by atoms with Gasteiger partial charge in [0.2, 0.25) is 0 Å². The molecule has 0 saturated carbocycles. The van der Waals surface area contributed by atoms with Crippen LogP contribution in [0.15, 0.2) is 12.3 Å². The predicted molar refractivity (Wildman–Crippen MR) is 44.9 cm³/mol. The number of anilines is 1. The molecule has 0 saturated heterocycles. The molecule has 1 aromatic heterocycles. The smallest absolute Gasteiger partial charge is 0.307 e. The maximum atomic E-state index is 12.2. The van der Waals surface area contributed by atoms with Crippen LogP contribution in [0, 0.1) is 0 Å². The Hall–Kier alpha value is -1.72. The summed E-state index contributed by atoms with van der Waals surface area (Å²) in [5.41, 5.74) is 5.10. The van der Waals surface area contributed by atoms with E-state index in [1.807, 2.05) is 0 Å². The second-order valence-electron chi connectivity index (χ2n) is 2.68. The summed E-state index contributed by atoms with van der Waals surface area (Å²) in [6.07, 6.45) is -2.14. The number of nitrogen functional groups attached to an aromatic ring is 1. The third-order valence-corrected chi connectivity index (χ3v) is 1.62. The van der Waals surface area contributed by atoms with Gasteiger partial charge in [-0.05, 0) is 6.07 Å². The van der Waals surface area contributed by atoms with Crippen molar-refractivity contribution >= 4 is 11.8 Å². The first-order chi connectivity index (χ1) is 6.50. The maximum absolute atomic E-state index is 12.2. The molecular weight excluding hydrogens is 194 g/mol. The van der Waals surface area contributed by atoms with Gasteiger partial charge in [-0.2, -0.15) is 0 Å². The summed E-state index contributed by atoms with van der Waals surface area (Å²) in [7, 11) is 0. The first-order valence-corrected chi connectivity index (χ1v) is 3.75. The Morgan fingerprint density at radius 1 is 1.64 bits per heavy atom. The van der Waals surface area contributed by atoms with Gasteiger partial charge < -0.3 is 10.8 Å². The van der Waals surface area contributed by atoms with Crippen LogP contribution in [-0.4, -0.2) is 16.1 Å². The van der Waals surface area contributed by atoms with E-state index in [1.165, 1.54) is 0 Å². The second-order valence-corrected chi connectivity index (χ2v) is 2.68. The number of hydrogen-bond donors (Lipinski definition) is 2. The van der Waals surface area contributed by atoms with Crippen LogP contribution in [0.5, 0.6) is 0 Å². The van der Waals surface area contributed by atoms with Gasteiger partial charge in [0.25, 0.3) is 6.43 Å². The van der Waals surface area contributed by atoms with Crippen LogP contribution in [-0.2, 0) is 11.2 Å². The predicted octanol–water partition coefficient (Wildman–Crippen LogP) is 1.23. The van der Waals surface area contributed by atoms with Gasteiger partial charge in [0.15, 0.2) is 0 Å². The Balaban J connectivity index is 3.02. The molecular formula is C8H8F2N2O2. The molecule has 14 heavy (non-hydrogen) atoms. The highest BCUT2D eigenvalue weighted by Gasteiger charge is 2.12. The summed E-state index contributed by atoms with van der Waals surface area (Å²) in [5.74, 6) is -1.17. The molecule has 1 rings (SSSR count). The molecule has 0 aliphatic carbocycles. The van der Waals surface area contributed by atoms with E-state index >= 15 is 0 Å². The summed E-state index contributed by atoms with van der Waals surface area (Å²) in [5, 5.41) is 8.45. The molecule has 6 heteroatoms. The Kier molecular flexibility index (Phi) is 2.95. The molecule has 0 amide bonds. The van der Waals surface area contributed by atoms with Crippen molar-refractivity contribution in [2.24, 2.45) is 0 Å².